The van der Waals surface area contributed by atoms with Crippen LogP contribution in [0.4, 0.5) is 10.5 Å². The largest absolute Gasteiger partial charge is 0.444 e. The molecule has 0 bridgehead atoms. The highest BCUT2D eigenvalue weighted by Crippen LogP contribution is 2.41. The lowest BCUT2D eigenvalue weighted by molar-refractivity contribution is -0.137. The Balaban J connectivity index is 1.17. The number of piperazine rings is 1. The van der Waals surface area contributed by atoms with Crippen molar-refractivity contribution in [3.8, 4) is 0 Å². The molecule has 0 aromatic heterocycles. The molecule has 9 nitrogen and oxygen atoms in total. The van der Waals surface area contributed by atoms with Crippen LogP contribution < -0.4 is 15.5 Å². The van der Waals surface area contributed by atoms with Crippen LogP contribution in [0.15, 0.2) is 24.3 Å². The molecule has 3 saturated heterocycles. The van der Waals surface area contributed by atoms with E-state index in [1.807, 2.05) is 18.2 Å². The maximum atomic E-state index is 12.9. The summed E-state index contributed by atoms with van der Waals surface area (Å²) in [6.07, 6.45) is 2.48. The Hall–Kier alpha value is -2.52. The first kappa shape index (κ1) is 27.5. The Morgan fingerprint density at radius 3 is 2.49 bits per heavy atom. The molecule has 0 saturated carbocycles. The Labute approximate surface area is 224 Å². The number of anilines is 1. The van der Waals surface area contributed by atoms with Gasteiger partial charge in [0, 0.05) is 62.6 Å². The molecule has 1 spiro atoms. The first-order valence-electron chi connectivity index (χ1n) is 13.3. The van der Waals surface area contributed by atoms with Crippen LogP contribution in [0.1, 0.15) is 46.5 Å². The minimum Gasteiger partial charge on any atom is -0.444 e. The number of carbonyl (C=O) groups is 3. The van der Waals surface area contributed by atoms with E-state index in [0.29, 0.717) is 25.9 Å². The smallest absolute Gasteiger partial charge is 0.408 e. The Morgan fingerprint density at radius 2 is 1.84 bits per heavy atom. The van der Waals surface area contributed by atoms with Crippen molar-refractivity contribution in [1.82, 2.24) is 20.4 Å². The molecule has 37 heavy (non-hydrogen) atoms. The van der Waals surface area contributed by atoms with Crippen molar-refractivity contribution in [3.05, 3.63) is 29.3 Å². The van der Waals surface area contributed by atoms with Gasteiger partial charge in [-0.15, -0.1) is 0 Å². The highest BCUT2D eigenvalue weighted by atomic mass is 35.5. The highest BCUT2D eigenvalue weighted by Gasteiger charge is 2.48. The van der Waals surface area contributed by atoms with Crippen molar-refractivity contribution in [2.45, 2.75) is 58.1 Å². The van der Waals surface area contributed by atoms with Gasteiger partial charge in [0.05, 0.1) is 5.41 Å². The van der Waals surface area contributed by atoms with E-state index in [1.54, 1.807) is 25.7 Å². The minimum atomic E-state index is -0.609. The molecule has 0 aliphatic carbocycles. The molecule has 3 aliphatic rings. The number of hydrogen-bond acceptors (Lipinski definition) is 6. The lowest BCUT2D eigenvalue weighted by Gasteiger charge is -2.38. The predicted octanol–water partition coefficient (Wildman–Crippen LogP) is 2.87. The van der Waals surface area contributed by atoms with Gasteiger partial charge in [-0.05, 0) is 64.7 Å². The summed E-state index contributed by atoms with van der Waals surface area (Å²) in [4.78, 5) is 43.9. The molecule has 4 rings (SSSR count). The number of hydrogen-bond donors (Lipinski definition) is 2. The number of nitrogens with zero attached hydrogens (tertiary/aromatic N) is 3. The second-order valence-electron chi connectivity index (χ2n) is 11.5. The van der Waals surface area contributed by atoms with Gasteiger partial charge in [0.2, 0.25) is 11.8 Å². The molecule has 10 heteroatoms. The topological polar surface area (TPSA) is 94.2 Å². The molecule has 3 fully saturated rings. The molecule has 3 aliphatic heterocycles. The molecular formula is C27H40ClN5O4. The molecule has 0 radical (unpaired) electrons. The molecule has 0 unspecified atom stereocenters. The number of likely N-dealkylation sites (tertiary alicyclic amines) is 1. The summed E-state index contributed by atoms with van der Waals surface area (Å²) in [7, 11) is 0. The first-order valence-corrected chi connectivity index (χ1v) is 13.7. The summed E-state index contributed by atoms with van der Waals surface area (Å²) in [5.74, 6) is -0.0187. The monoisotopic (exact) mass is 533 g/mol. The summed E-state index contributed by atoms with van der Waals surface area (Å²) in [5.41, 5.74) is 0.177. The van der Waals surface area contributed by atoms with Crippen LogP contribution in [0.5, 0.6) is 0 Å². The number of rotatable bonds is 6. The van der Waals surface area contributed by atoms with E-state index in [9.17, 15) is 14.4 Å². The lowest BCUT2D eigenvalue weighted by Crippen LogP contribution is -2.49. The number of benzene rings is 1. The van der Waals surface area contributed by atoms with Crippen LogP contribution in [0.25, 0.3) is 0 Å². The van der Waals surface area contributed by atoms with Crippen LogP contribution >= 0.6 is 11.6 Å². The number of piperidine rings is 1. The van der Waals surface area contributed by atoms with Gasteiger partial charge in [-0.2, -0.15) is 0 Å². The quantitative estimate of drug-likeness (QED) is 0.584. The van der Waals surface area contributed by atoms with Gasteiger partial charge in [-0.1, -0.05) is 17.7 Å². The third-order valence-corrected chi connectivity index (χ3v) is 7.88. The van der Waals surface area contributed by atoms with Crippen molar-refractivity contribution in [3.63, 3.8) is 0 Å². The van der Waals surface area contributed by atoms with Crippen molar-refractivity contribution >= 4 is 35.2 Å². The SMILES string of the molecule is CC(C)(C)OC(=O)NCC(=O)N1CCC2(CC1)C[C@H](CCN1CCN(c3cccc(Cl)c3)CC1)NC2=O. The molecule has 1 aromatic carbocycles. The van der Waals surface area contributed by atoms with Crippen molar-refractivity contribution in [1.29, 1.82) is 0 Å². The first-order chi connectivity index (χ1) is 17.5. The molecule has 3 heterocycles. The Morgan fingerprint density at radius 1 is 1.14 bits per heavy atom. The maximum Gasteiger partial charge on any atom is 0.408 e. The van der Waals surface area contributed by atoms with Crippen molar-refractivity contribution in [2.75, 3.05) is 57.3 Å². The van der Waals surface area contributed by atoms with Gasteiger partial charge in [0.25, 0.3) is 0 Å². The highest BCUT2D eigenvalue weighted by molar-refractivity contribution is 6.30. The number of amides is 3. The zero-order chi connectivity index (χ0) is 26.6. The van der Waals surface area contributed by atoms with Gasteiger partial charge >= 0.3 is 6.09 Å². The number of carbonyl (C=O) groups excluding carboxylic acids is 3. The molecular weight excluding hydrogens is 494 g/mol. The van der Waals surface area contributed by atoms with Crippen LogP contribution in [0.2, 0.25) is 5.02 Å². The van der Waals surface area contributed by atoms with Crippen LogP contribution in [-0.2, 0) is 14.3 Å². The number of halogens is 1. The molecule has 1 aromatic rings. The van der Waals surface area contributed by atoms with Gasteiger partial charge in [0.15, 0.2) is 0 Å². The van der Waals surface area contributed by atoms with E-state index in [2.05, 4.69) is 26.5 Å². The Bertz CT molecular complexity index is 981. The van der Waals surface area contributed by atoms with Crippen molar-refractivity contribution in [2.24, 2.45) is 5.41 Å². The normalized spacial score (nSPS) is 22.2. The summed E-state index contributed by atoms with van der Waals surface area (Å²) in [6.45, 7) is 11.2. The van der Waals surface area contributed by atoms with E-state index in [1.165, 1.54) is 5.69 Å². The fourth-order valence-electron chi connectivity index (χ4n) is 5.56. The molecule has 204 valence electrons. The molecule has 1 atom stereocenters. The van der Waals surface area contributed by atoms with E-state index in [4.69, 9.17) is 16.3 Å². The number of alkyl carbamates (subject to hydrolysis) is 1. The molecule has 2 N–H and O–H groups in total. The van der Waals surface area contributed by atoms with Gasteiger partial charge in [-0.3, -0.25) is 14.5 Å². The second kappa shape index (κ2) is 11.5. The number of ether oxygens (including phenoxy) is 1. The fraction of sp³-hybridized carbons (Fsp3) is 0.667. The average Bonchev–Trinajstić information content (AvgIpc) is 3.15. The van der Waals surface area contributed by atoms with E-state index in [-0.39, 0.29) is 29.8 Å². The predicted molar refractivity (Wildman–Crippen MR) is 144 cm³/mol. The second-order valence-corrected chi connectivity index (χ2v) is 11.9. The summed E-state index contributed by atoms with van der Waals surface area (Å²) >= 11 is 6.15. The zero-order valence-corrected chi connectivity index (χ0v) is 23.0. The number of nitrogens with one attached hydrogen (secondary N) is 2. The van der Waals surface area contributed by atoms with Crippen LogP contribution in [0, 0.1) is 5.41 Å². The summed E-state index contributed by atoms with van der Waals surface area (Å²) < 4.78 is 5.19. The lowest BCUT2D eigenvalue weighted by atomic mass is 9.75. The summed E-state index contributed by atoms with van der Waals surface area (Å²) in [5, 5.41) is 6.53. The fourth-order valence-corrected chi connectivity index (χ4v) is 5.74. The third kappa shape index (κ3) is 7.29. The molecule has 3 amide bonds. The third-order valence-electron chi connectivity index (χ3n) is 7.65. The Kier molecular flexibility index (Phi) is 8.53. The van der Waals surface area contributed by atoms with Gasteiger partial charge < -0.3 is 25.2 Å². The van der Waals surface area contributed by atoms with Crippen LogP contribution in [0.3, 0.4) is 0 Å². The zero-order valence-electron chi connectivity index (χ0n) is 22.2. The van der Waals surface area contributed by atoms with Gasteiger partial charge in [-0.25, -0.2) is 4.79 Å². The van der Waals surface area contributed by atoms with Gasteiger partial charge in [0.1, 0.15) is 12.1 Å². The average molecular weight is 534 g/mol. The van der Waals surface area contributed by atoms with E-state index >= 15 is 0 Å². The minimum absolute atomic E-state index is 0.0959. The van der Waals surface area contributed by atoms with E-state index < -0.39 is 11.7 Å². The maximum absolute atomic E-state index is 12.9. The van der Waals surface area contributed by atoms with Crippen molar-refractivity contribution < 1.29 is 19.1 Å². The standard InChI is InChI=1S/C27H40ClN5O4/c1-26(2,3)37-25(36)29-19-23(34)33-11-8-27(9-12-33)18-21(30-24(27)35)7-10-31-13-15-32(16-14-31)22-6-4-5-20(28)17-22/h4-6,17,21H,7-16,18-19H2,1-3H3,(H,29,36)(H,30,35)/t21-/m0/s1. The van der Waals surface area contributed by atoms with E-state index in [0.717, 1.165) is 50.6 Å². The van der Waals surface area contributed by atoms with Crippen LogP contribution in [-0.4, -0.2) is 91.7 Å². The summed E-state index contributed by atoms with van der Waals surface area (Å²) in [6, 6.07) is 8.18.